The summed E-state index contributed by atoms with van der Waals surface area (Å²) in [6.07, 6.45) is 0. The molecule has 1 atom stereocenters. The zero-order valence-electron chi connectivity index (χ0n) is 10.9. The Bertz CT molecular complexity index is 421. The average Bonchev–Trinajstić information content (AvgIpc) is 2.28. The highest BCUT2D eigenvalue weighted by atomic mass is 19.1. The van der Waals surface area contributed by atoms with Crippen molar-refractivity contribution in [2.45, 2.75) is 19.5 Å². The number of hydrogen-bond donors (Lipinski definition) is 2. The number of rotatable bonds is 6. The summed E-state index contributed by atoms with van der Waals surface area (Å²) >= 11 is 0. The maximum atomic E-state index is 13.4. The van der Waals surface area contributed by atoms with E-state index in [0.29, 0.717) is 12.6 Å². The number of benzene rings is 1. The number of likely N-dealkylation sites (N-methyl/N-ethyl adjacent to an activating group) is 1. The van der Waals surface area contributed by atoms with E-state index in [1.165, 1.54) is 12.1 Å². The predicted octanol–water partition coefficient (Wildman–Crippen LogP) is 1.56. The third-order valence-electron chi connectivity index (χ3n) is 2.91. The van der Waals surface area contributed by atoms with Crippen LogP contribution in [0, 0.1) is 5.82 Å². The molecular weight excluding hydrogens is 235 g/mol. The number of carboxylic acid groups (broad SMARTS) is 1. The second kappa shape index (κ2) is 6.47. The Balaban J connectivity index is 2.54. The SMILES string of the molecule is CC(CNCc1ccc(C(=O)O)c(F)c1)N(C)C. The third-order valence-corrected chi connectivity index (χ3v) is 2.91. The molecule has 0 amide bonds. The van der Waals surface area contributed by atoms with Crippen molar-refractivity contribution in [1.82, 2.24) is 10.2 Å². The number of hydrogen-bond acceptors (Lipinski definition) is 3. The average molecular weight is 254 g/mol. The minimum absolute atomic E-state index is 0.291. The molecule has 1 rings (SSSR count). The number of nitrogens with one attached hydrogen (secondary N) is 1. The maximum Gasteiger partial charge on any atom is 0.338 e. The van der Waals surface area contributed by atoms with Crippen molar-refractivity contribution >= 4 is 5.97 Å². The molecule has 0 fully saturated rings. The fourth-order valence-electron chi connectivity index (χ4n) is 1.45. The normalized spacial score (nSPS) is 12.7. The van der Waals surface area contributed by atoms with Crippen molar-refractivity contribution in [1.29, 1.82) is 0 Å². The first kappa shape index (κ1) is 14.6. The van der Waals surface area contributed by atoms with Gasteiger partial charge in [0.2, 0.25) is 0 Å². The van der Waals surface area contributed by atoms with Gasteiger partial charge in [0.1, 0.15) is 5.82 Å². The molecule has 1 aromatic rings. The third kappa shape index (κ3) is 4.09. The molecule has 100 valence electrons. The minimum Gasteiger partial charge on any atom is -0.478 e. The van der Waals surface area contributed by atoms with E-state index in [2.05, 4.69) is 17.1 Å². The standard InChI is InChI=1S/C13H19FN2O2/c1-9(16(2)3)7-15-8-10-4-5-11(13(17)18)12(14)6-10/h4-6,9,15H,7-8H2,1-3H3,(H,17,18). The topological polar surface area (TPSA) is 52.6 Å². The summed E-state index contributed by atoms with van der Waals surface area (Å²) in [6.45, 7) is 3.39. The molecule has 0 aliphatic rings. The Hall–Kier alpha value is -1.46. The van der Waals surface area contributed by atoms with Crippen molar-refractivity contribution < 1.29 is 14.3 Å². The van der Waals surface area contributed by atoms with Gasteiger partial charge >= 0.3 is 5.97 Å². The largest absolute Gasteiger partial charge is 0.478 e. The van der Waals surface area contributed by atoms with Crippen LogP contribution in [-0.2, 0) is 6.54 Å². The first-order valence-corrected chi connectivity index (χ1v) is 5.80. The van der Waals surface area contributed by atoms with Crippen LogP contribution in [0.15, 0.2) is 18.2 Å². The number of aromatic carboxylic acids is 1. The molecule has 4 nitrogen and oxygen atoms in total. The van der Waals surface area contributed by atoms with Crippen molar-refractivity contribution in [2.24, 2.45) is 0 Å². The predicted molar refractivity (Wildman–Crippen MR) is 68.2 cm³/mol. The van der Waals surface area contributed by atoms with E-state index in [-0.39, 0.29) is 5.56 Å². The van der Waals surface area contributed by atoms with Crippen LogP contribution in [0.4, 0.5) is 4.39 Å². The van der Waals surface area contributed by atoms with E-state index in [4.69, 9.17) is 5.11 Å². The minimum atomic E-state index is -1.24. The van der Waals surface area contributed by atoms with Crippen LogP contribution in [0.2, 0.25) is 0 Å². The number of halogens is 1. The fourth-order valence-corrected chi connectivity index (χ4v) is 1.45. The molecule has 0 bridgehead atoms. The summed E-state index contributed by atoms with van der Waals surface area (Å²) < 4.78 is 13.4. The van der Waals surface area contributed by atoms with Crippen molar-refractivity contribution in [3.63, 3.8) is 0 Å². The second-order valence-electron chi connectivity index (χ2n) is 4.56. The van der Waals surface area contributed by atoms with Crippen molar-refractivity contribution in [2.75, 3.05) is 20.6 Å². The molecule has 18 heavy (non-hydrogen) atoms. The van der Waals surface area contributed by atoms with Crippen molar-refractivity contribution in [3.8, 4) is 0 Å². The lowest BCUT2D eigenvalue weighted by Gasteiger charge is -2.20. The maximum absolute atomic E-state index is 13.4. The fraction of sp³-hybridized carbons (Fsp3) is 0.462. The summed E-state index contributed by atoms with van der Waals surface area (Å²) in [7, 11) is 3.99. The Morgan fingerprint density at radius 3 is 2.67 bits per heavy atom. The monoisotopic (exact) mass is 254 g/mol. The van der Waals surface area contributed by atoms with Gasteiger partial charge in [-0.3, -0.25) is 0 Å². The molecule has 5 heteroatoms. The summed E-state index contributed by atoms with van der Waals surface area (Å²) in [5.41, 5.74) is 0.448. The van der Waals surface area contributed by atoms with Gasteiger partial charge in [0, 0.05) is 19.1 Å². The van der Waals surface area contributed by atoms with E-state index in [1.807, 2.05) is 14.1 Å². The van der Waals surface area contributed by atoms with Crippen LogP contribution in [0.3, 0.4) is 0 Å². The van der Waals surface area contributed by atoms with Crippen LogP contribution in [-0.4, -0.2) is 42.7 Å². The molecule has 0 saturated heterocycles. The van der Waals surface area contributed by atoms with Crippen LogP contribution < -0.4 is 5.32 Å². The zero-order chi connectivity index (χ0) is 13.7. The Morgan fingerprint density at radius 2 is 2.17 bits per heavy atom. The van der Waals surface area contributed by atoms with Gasteiger partial charge < -0.3 is 15.3 Å². The summed E-state index contributed by atoms with van der Waals surface area (Å²) in [4.78, 5) is 12.7. The summed E-state index contributed by atoms with van der Waals surface area (Å²) in [5, 5.41) is 11.9. The van der Waals surface area contributed by atoms with Gasteiger partial charge in [0.05, 0.1) is 5.56 Å². The molecule has 0 aliphatic heterocycles. The van der Waals surface area contributed by atoms with Crippen molar-refractivity contribution in [3.05, 3.63) is 35.1 Å². The van der Waals surface area contributed by atoms with Crippen LogP contribution in [0.25, 0.3) is 0 Å². The van der Waals surface area contributed by atoms with Gasteiger partial charge in [0.15, 0.2) is 0 Å². The molecule has 0 spiro atoms. The zero-order valence-corrected chi connectivity index (χ0v) is 10.9. The van der Waals surface area contributed by atoms with Crippen LogP contribution in [0.1, 0.15) is 22.8 Å². The van der Waals surface area contributed by atoms with E-state index in [9.17, 15) is 9.18 Å². The quantitative estimate of drug-likeness (QED) is 0.809. The van der Waals surface area contributed by atoms with Gasteiger partial charge in [-0.05, 0) is 38.7 Å². The Labute approximate surface area is 106 Å². The summed E-state index contributed by atoms with van der Waals surface area (Å²) in [5.74, 6) is -1.93. The van der Waals surface area contributed by atoms with Gasteiger partial charge in [-0.25, -0.2) is 9.18 Å². The molecule has 0 aliphatic carbocycles. The van der Waals surface area contributed by atoms with Crippen LogP contribution >= 0.6 is 0 Å². The molecule has 0 heterocycles. The van der Waals surface area contributed by atoms with Gasteiger partial charge in [-0.1, -0.05) is 6.07 Å². The molecule has 1 unspecified atom stereocenters. The van der Waals surface area contributed by atoms with Gasteiger partial charge in [0.25, 0.3) is 0 Å². The highest BCUT2D eigenvalue weighted by molar-refractivity contribution is 5.87. The molecule has 2 N–H and O–H groups in total. The summed E-state index contributed by atoms with van der Waals surface area (Å²) in [6, 6.07) is 4.56. The highest BCUT2D eigenvalue weighted by Gasteiger charge is 2.10. The number of nitrogens with zero attached hydrogens (tertiary/aromatic N) is 1. The number of carbonyl (C=O) groups is 1. The van der Waals surface area contributed by atoms with E-state index in [1.54, 1.807) is 6.07 Å². The van der Waals surface area contributed by atoms with E-state index in [0.717, 1.165) is 12.1 Å². The first-order valence-electron chi connectivity index (χ1n) is 5.80. The van der Waals surface area contributed by atoms with E-state index >= 15 is 0 Å². The smallest absolute Gasteiger partial charge is 0.338 e. The Kier molecular flexibility index (Phi) is 5.25. The highest BCUT2D eigenvalue weighted by Crippen LogP contribution is 2.10. The molecule has 0 saturated carbocycles. The molecule has 1 aromatic carbocycles. The lowest BCUT2D eigenvalue weighted by atomic mass is 10.1. The molecule has 0 aromatic heterocycles. The van der Waals surface area contributed by atoms with E-state index < -0.39 is 11.8 Å². The van der Waals surface area contributed by atoms with Gasteiger partial charge in [-0.15, -0.1) is 0 Å². The first-order chi connectivity index (χ1) is 8.41. The second-order valence-corrected chi connectivity index (χ2v) is 4.56. The van der Waals surface area contributed by atoms with Gasteiger partial charge in [-0.2, -0.15) is 0 Å². The molecular formula is C13H19FN2O2. The van der Waals surface area contributed by atoms with Crippen LogP contribution in [0.5, 0.6) is 0 Å². The number of carboxylic acids is 1. The molecule has 0 radical (unpaired) electrons. The lowest BCUT2D eigenvalue weighted by molar-refractivity contribution is 0.0692. The Morgan fingerprint density at radius 1 is 1.50 bits per heavy atom. The lowest BCUT2D eigenvalue weighted by Crippen LogP contribution is -2.35.